The van der Waals surface area contributed by atoms with Gasteiger partial charge in [0.15, 0.2) is 0 Å². The van der Waals surface area contributed by atoms with Crippen LogP contribution in [0, 0.1) is 29.1 Å². The molecule has 2 aliphatic carbocycles. The van der Waals surface area contributed by atoms with Crippen LogP contribution in [0.3, 0.4) is 0 Å². The van der Waals surface area contributed by atoms with E-state index in [1.54, 1.807) is 6.07 Å². The van der Waals surface area contributed by atoms with Crippen LogP contribution in [-0.4, -0.2) is 22.7 Å². The van der Waals surface area contributed by atoms with Crippen LogP contribution in [0.2, 0.25) is 0 Å². The second-order valence-corrected chi connectivity index (χ2v) is 5.62. The van der Waals surface area contributed by atoms with E-state index in [1.807, 2.05) is 0 Å². The molecule has 4 atom stereocenters. The van der Waals surface area contributed by atoms with Gasteiger partial charge in [0.25, 0.3) is 0 Å². The molecule has 0 saturated heterocycles. The average molecular weight is 258 g/mol. The summed E-state index contributed by atoms with van der Waals surface area (Å²) in [5, 5.41) is 22.1. The molecule has 100 valence electrons. The van der Waals surface area contributed by atoms with Gasteiger partial charge in [0, 0.05) is 30.8 Å². The lowest BCUT2D eigenvalue weighted by atomic mass is 9.85. The highest BCUT2D eigenvalue weighted by molar-refractivity contribution is 5.61. The number of nitrogen functional groups attached to an aromatic ring is 1. The summed E-state index contributed by atoms with van der Waals surface area (Å²) in [6.07, 6.45) is 5.11. The fraction of sp³-hybridized carbons (Fsp3) is 0.571. The third kappa shape index (κ3) is 2.02. The van der Waals surface area contributed by atoms with Crippen LogP contribution in [0.25, 0.3) is 0 Å². The largest absolute Gasteiger partial charge is 0.396 e. The van der Waals surface area contributed by atoms with E-state index in [-0.39, 0.29) is 12.6 Å². The lowest BCUT2D eigenvalue weighted by molar-refractivity contribution is 0.166. The summed E-state index contributed by atoms with van der Waals surface area (Å²) >= 11 is 0. The first-order valence-corrected chi connectivity index (χ1v) is 6.76. The van der Waals surface area contributed by atoms with Crippen molar-refractivity contribution in [2.24, 2.45) is 17.8 Å². The van der Waals surface area contributed by atoms with Crippen molar-refractivity contribution in [2.45, 2.75) is 25.3 Å². The number of nitrogens with zero attached hydrogens (tertiary/aromatic N) is 2. The first-order chi connectivity index (χ1) is 9.22. The Hall–Kier alpha value is -1.80. The Kier molecular flexibility index (Phi) is 3.03. The highest BCUT2D eigenvalue weighted by Crippen LogP contribution is 2.49. The molecule has 19 heavy (non-hydrogen) atoms. The zero-order valence-electron chi connectivity index (χ0n) is 10.7. The Morgan fingerprint density at radius 3 is 3.00 bits per heavy atom. The number of hydrogen-bond acceptors (Lipinski definition) is 5. The normalized spacial score (nSPS) is 32.2. The molecule has 4 N–H and O–H groups in total. The molecule has 5 heteroatoms. The standard InChI is InChI=1S/C14H18N4O/c15-5-10-6-17-13(16)4-12(10)18-14-9-2-1-8(3-9)11(14)7-19/h4,6,8-9,11,14,19H,1-3,7H2,(H3,16,17,18)/t8-,9+,11+,14-/m1/s1. The number of pyridine rings is 1. The second kappa shape index (κ2) is 4.71. The minimum absolute atomic E-state index is 0.210. The van der Waals surface area contributed by atoms with Crippen LogP contribution < -0.4 is 11.1 Å². The molecule has 3 rings (SSSR count). The minimum atomic E-state index is 0.210. The highest BCUT2D eigenvalue weighted by Gasteiger charge is 2.47. The van der Waals surface area contributed by atoms with Gasteiger partial charge < -0.3 is 16.2 Å². The second-order valence-electron chi connectivity index (χ2n) is 5.62. The van der Waals surface area contributed by atoms with E-state index in [2.05, 4.69) is 16.4 Å². The number of hydrogen-bond donors (Lipinski definition) is 3. The van der Waals surface area contributed by atoms with Gasteiger partial charge in [-0.05, 0) is 31.1 Å². The molecule has 0 radical (unpaired) electrons. The number of aliphatic hydroxyl groups is 1. The number of aliphatic hydroxyl groups excluding tert-OH is 1. The number of rotatable bonds is 3. The maximum Gasteiger partial charge on any atom is 0.125 e. The monoisotopic (exact) mass is 258 g/mol. The smallest absolute Gasteiger partial charge is 0.125 e. The zero-order chi connectivity index (χ0) is 13.4. The maximum atomic E-state index is 9.58. The quantitative estimate of drug-likeness (QED) is 0.760. The summed E-state index contributed by atoms with van der Waals surface area (Å²) in [4.78, 5) is 3.94. The Morgan fingerprint density at radius 2 is 2.26 bits per heavy atom. The van der Waals surface area contributed by atoms with E-state index in [0.717, 1.165) is 5.69 Å². The van der Waals surface area contributed by atoms with Crippen LogP contribution in [0.15, 0.2) is 12.3 Å². The van der Waals surface area contributed by atoms with E-state index < -0.39 is 0 Å². The fourth-order valence-electron chi connectivity index (χ4n) is 3.76. The van der Waals surface area contributed by atoms with Crippen molar-refractivity contribution < 1.29 is 5.11 Å². The first-order valence-electron chi connectivity index (χ1n) is 6.76. The SMILES string of the molecule is N#Cc1cnc(N)cc1N[C@@H]1[C@H]2CC[C@H](C2)[C@@H]1CO. The van der Waals surface area contributed by atoms with E-state index in [0.29, 0.717) is 29.1 Å². The van der Waals surface area contributed by atoms with Crippen molar-refractivity contribution in [1.82, 2.24) is 4.98 Å². The van der Waals surface area contributed by atoms with Gasteiger partial charge in [-0.2, -0.15) is 5.26 Å². The Morgan fingerprint density at radius 1 is 1.47 bits per heavy atom. The van der Waals surface area contributed by atoms with Gasteiger partial charge in [-0.15, -0.1) is 0 Å². The third-order valence-corrected chi connectivity index (χ3v) is 4.67. The average Bonchev–Trinajstić information content (AvgIpc) is 3.00. The lowest BCUT2D eigenvalue weighted by Gasteiger charge is -2.31. The predicted molar refractivity (Wildman–Crippen MR) is 72.2 cm³/mol. The first kappa shape index (κ1) is 12.2. The Bertz CT molecular complexity index is 525. The molecule has 1 aromatic rings. The Balaban J connectivity index is 1.85. The fourth-order valence-corrected chi connectivity index (χ4v) is 3.76. The van der Waals surface area contributed by atoms with Crippen LogP contribution in [0.4, 0.5) is 11.5 Å². The van der Waals surface area contributed by atoms with Crippen LogP contribution in [0.5, 0.6) is 0 Å². The van der Waals surface area contributed by atoms with Crippen molar-refractivity contribution in [1.29, 1.82) is 5.26 Å². The lowest BCUT2D eigenvalue weighted by Crippen LogP contribution is -2.37. The highest BCUT2D eigenvalue weighted by atomic mass is 16.3. The molecular weight excluding hydrogens is 240 g/mol. The van der Waals surface area contributed by atoms with Crippen molar-refractivity contribution in [3.8, 4) is 6.07 Å². The van der Waals surface area contributed by atoms with E-state index in [4.69, 9.17) is 11.0 Å². The molecule has 5 nitrogen and oxygen atoms in total. The van der Waals surface area contributed by atoms with Gasteiger partial charge in [0.2, 0.25) is 0 Å². The van der Waals surface area contributed by atoms with Gasteiger partial charge in [0.1, 0.15) is 11.9 Å². The summed E-state index contributed by atoms with van der Waals surface area (Å²) in [6.45, 7) is 0.210. The van der Waals surface area contributed by atoms with Gasteiger partial charge in [0.05, 0.1) is 11.3 Å². The van der Waals surface area contributed by atoms with Crippen molar-refractivity contribution in [3.63, 3.8) is 0 Å². The van der Waals surface area contributed by atoms with Gasteiger partial charge in [-0.3, -0.25) is 0 Å². The number of nitrogens with two attached hydrogens (primary N) is 1. The molecule has 2 saturated carbocycles. The molecule has 2 aliphatic rings. The molecule has 2 bridgehead atoms. The molecule has 0 amide bonds. The molecule has 1 heterocycles. The molecule has 0 aliphatic heterocycles. The number of nitriles is 1. The van der Waals surface area contributed by atoms with Gasteiger partial charge in [-0.1, -0.05) is 0 Å². The molecule has 2 fully saturated rings. The minimum Gasteiger partial charge on any atom is -0.396 e. The predicted octanol–water partition coefficient (Wildman–Crippen LogP) is 1.35. The summed E-state index contributed by atoms with van der Waals surface area (Å²) in [7, 11) is 0. The summed E-state index contributed by atoms with van der Waals surface area (Å²) < 4.78 is 0. The summed E-state index contributed by atoms with van der Waals surface area (Å²) in [6, 6.07) is 4.09. The molecule has 1 aromatic heterocycles. The van der Waals surface area contributed by atoms with Crippen LogP contribution >= 0.6 is 0 Å². The molecule has 0 spiro atoms. The number of anilines is 2. The Labute approximate surface area is 112 Å². The number of fused-ring (bicyclic) bond motifs is 2. The van der Waals surface area contributed by atoms with Crippen molar-refractivity contribution >= 4 is 11.5 Å². The van der Waals surface area contributed by atoms with Crippen molar-refractivity contribution in [3.05, 3.63) is 17.8 Å². The van der Waals surface area contributed by atoms with Gasteiger partial charge in [-0.25, -0.2) is 4.98 Å². The number of aromatic nitrogens is 1. The molecule has 0 unspecified atom stereocenters. The summed E-state index contributed by atoms with van der Waals surface area (Å²) in [5.74, 6) is 1.92. The third-order valence-electron chi connectivity index (χ3n) is 4.67. The topological polar surface area (TPSA) is 95.0 Å². The van der Waals surface area contributed by atoms with E-state index >= 15 is 0 Å². The van der Waals surface area contributed by atoms with Crippen LogP contribution in [-0.2, 0) is 0 Å². The zero-order valence-corrected chi connectivity index (χ0v) is 10.7. The van der Waals surface area contributed by atoms with E-state index in [9.17, 15) is 5.11 Å². The molecular formula is C14H18N4O. The molecule has 0 aromatic carbocycles. The number of nitrogens with one attached hydrogen (secondary N) is 1. The van der Waals surface area contributed by atoms with Crippen molar-refractivity contribution in [2.75, 3.05) is 17.7 Å². The van der Waals surface area contributed by atoms with E-state index in [1.165, 1.54) is 25.5 Å². The van der Waals surface area contributed by atoms with Gasteiger partial charge >= 0.3 is 0 Å². The van der Waals surface area contributed by atoms with Crippen LogP contribution in [0.1, 0.15) is 24.8 Å². The maximum absolute atomic E-state index is 9.58. The summed E-state index contributed by atoms with van der Waals surface area (Å²) in [5.41, 5.74) is 6.94.